The van der Waals surface area contributed by atoms with Crippen molar-refractivity contribution in [2.75, 3.05) is 27.4 Å². The Morgan fingerprint density at radius 1 is 0.933 bits per heavy atom. The first-order chi connectivity index (χ1) is 7.26. The van der Waals surface area contributed by atoms with E-state index in [-0.39, 0.29) is 5.28 Å². The number of hydrogen-bond acceptors (Lipinski definition) is 5. The summed E-state index contributed by atoms with van der Waals surface area (Å²) < 4.78 is 9.88. The first kappa shape index (κ1) is 12.3. The smallest absolute Gasteiger partial charge is 0.225 e. The van der Waals surface area contributed by atoms with Crippen molar-refractivity contribution in [2.45, 2.75) is 12.8 Å². The zero-order valence-corrected chi connectivity index (χ0v) is 9.62. The average Bonchev–Trinajstić information content (AvgIpc) is 2.23. The molecule has 1 aromatic rings. The third kappa shape index (κ3) is 4.51. The van der Waals surface area contributed by atoms with Gasteiger partial charge in [0.15, 0.2) is 0 Å². The maximum Gasteiger partial charge on any atom is 0.225 e. The Hall–Kier alpha value is -0.780. The highest BCUT2D eigenvalue weighted by Crippen LogP contribution is 2.03. The Morgan fingerprint density at radius 2 is 1.40 bits per heavy atom. The molecule has 0 bridgehead atoms. The standard InChI is InChI=1S/C9H14ClN3O2/c1-14-5-3-7-11-8(4-6-15-2)13-9(10)12-7/h3-6H2,1-2H3. The molecule has 0 aliphatic carbocycles. The first-order valence-electron chi connectivity index (χ1n) is 4.63. The molecule has 5 nitrogen and oxygen atoms in total. The van der Waals surface area contributed by atoms with E-state index in [4.69, 9.17) is 21.1 Å². The van der Waals surface area contributed by atoms with Crippen LogP contribution in [-0.2, 0) is 22.3 Å². The summed E-state index contributed by atoms with van der Waals surface area (Å²) in [6.45, 7) is 1.15. The summed E-state index contributed by atoms with van der Waals surface area (Å²) in [5, 5.41) is 0.224. The molecule has 0 aromatic carbocycles. The van der Waals surface area contributed by atoms with Crippen LogP contribution in [0.5, 0.6) is 0 Å². The van der Waals surface area contributed by atoms with E-state index in [0.29, 0.717) is 37.7 Å². The Bertz CT molecular complexity index is 283. The van der Waals surface area contributed by atoms with Gasteiger partial charge in [0.25, 0.3) is 0 Å². The van der Waals surface area contributed by atoms with Gasteiger partial charge >= 0.3 is 0 Å². The largest absolute Gasteiger partial charge is 0.384 e. The van der Waals surface area contributed by atoms with Crippen LogP contribution in [0.1, 0.15) is 11.6 Å². The molecule has 84 valence electrons. The molecule has 15 heavy (non-hydrogen) atoms. The van der Waals surface area contributed by atoms with Crippen LogP contribution in [0.3, 0.4) is 0 Å². The van der Waals surface area contributed by atoms with Crippen LogP contribution in [0, 0.1) is 0 Å². The highest BCUT2D eigenvalue weighted by molar-refractivity contribution is 6.28. The molecular weight excluding hydrogens is 218 g/mol. The van der Waals surface area contributed by atoms with Crippen LogP contribution >= 0.6 is 11.6 Å². The van der Waals surface area contributed by atoms with Crippen molar-refractivity contribution in [3.05, 3.63) is 16.9 Å². The molecular formula is C9H14ClN3O2. The molecule has 0 aliphatic heterocycles. The van der Waals surface area contributed by atoms with Crippen LogP contribution < -0.4 is 0 Å². The number of ether oxygens (including phenoxy) is 2. The lowest BCUT2D eigenvalue weighted by atomic mass is 10.4. The van der Waals surface area contributed by atoms with E-state index in [1.807, 2.05) is 0 Å². The van der Waals surface area contributed by atoms with E-state index in [2.05, 4.69) is 15.0 Å². The topological polar surface area (TPSA) is 57.1 Å². The van der Waals surface area contributed by atoms with E-state index in [9.17, 15) is 0 Å². The van der Waals surface area contributed by atoms with E-state index in [1.165, 1.54) is 0 Å². The SMILES string of the molecule is COCCc1nc(Cl)nc(CCOC)n1. The van der Waals surface area contributed by atoms with Gasteiger partial charge in [-0.05, 0) is 11.6 Å². The molecule has 0 radical (unpaired) electrons. The van der Waals surface area contributed by atoms with Crippen LogP contribution in [0.2, 0.25) is 5.28 Å². The van der Waals surface area contributed by atoms with Crippen molar-refractivity contribution in [1.82, 2.24) is 15.0 Å². The molecule has 0 atom stereocenters. The summed E-state index contributed by atoms with van der Waals surface area (Å²) in [7, 11) is 3.27. The molecule has 0 saturated carbocycles. The minimum absolute atomic E-state index is 0.224. The molecule has 1 aromatic heterocycles. The quantitative estimate of drug-likeness (QED) is 0.728. The van der Waals surface area contributed by atoms with Gasteiger partial charge in [-0.1, -0.05) is 0 Å². The van der Waals surface area contributed by atoms with Crippen molar-refractivity contribution in [3.8, 4) is 0 Å². The summed E-state index contributed by atoms with van der Waals surface area (Å²) in [6.07, 6.45) is 1.28. The monoisotopic (exact) mass is 231 g/mol. The van der Waals surface area contributed by atoms with Gasteiger partial charge in [-0.3, -0.25) is 0 Å². The Labute approximate surface area is 93.8 Å². The Kier molecular flexibility index (Phi) is 5.45. The van der Waals surface area contributed by atoms with E-state index in [1.54, 1.807) is 14.2 Å². The summed E-state index contributed by atoms with van der Waals surface area (Å²) in [5.41, 5.74) is 0. The molecule has 0 unspecified atom stereocenters. The van der Waals surface area contributed by atoms with Gasteiger partial charge < -0.3 is 9.47 Å². The normalized spacial score (nSPS) is 10.6. The predicted molar refractivity (Wildman–Crippen MR) is 56.0 cm³/mol. The van der Waals surface area contributed by atoms with Crippen molar-refractivity contribution in [2.24, 2.45) is 0 Å². The molecule has 0 fully saturated rings. The van der Waals surface area contributed by atoms with E-state index >= 15 is 0 Å². The molecule has 0 amide bonds. The predicted octanol–water partition coefficient (Wildman–Crippen LogP) is 0.903. The van der Waals surface area contributed by atoms with Gasteiger partial charge in [0.05, 0.1) is 13.2 Å². The summed E-state index contributed by atoms with van der Waals surface area (Å²) in [5.74, 6) is 1.31. The first-order valence-corrected chi connectivity index (χ1v) is 5.01. The lowest BCUT2D eigenvalue weighted by molar-refractivity contribution is 0.198. The maximum absolute atomic E-state index is 5.76. The fourth-order valence-electron chi connectivity index (χ4n) is 1.05. The second kappa shape index (κ2) is 6.66. The van der Waals surface area contributed by atoms with E-state index in [0.717, 1.165) is 0 Å². The van der Waals surface area contributed by atoms with Gasteiger partial charge in [0.1, 0.15) is 11.6 Å². The number of hydrogen-bond donors (Lipinski definition) is 0. The van der Waals surface area contributed by atoms with Crippen LogP contribution in [0.25, 0.3) is 0 Å². The van der Waals surface area contributed by atoms with Crippen LogP contribution in [0.4, 0.5) is 0 Å². The minimum atomic E-state index is 0.224. The number of aromatic nitrogens is 3. The van der Waals surface area contributed by atoms with Gasteiger partial charge in [-0.25, -0.2) is 15.0 Å². The minimum Gasteiger partial charge on any atom is -0.384 e. The van der Waals surface area contributed by atoms with E-state index < -0.39 is 0 Å². The molecule has 0 aliphatic rings. The van der Waals surface area contributed by atoms with Gasteiger partial charge in [0, 0.05) is 27.1 Å². The lowest BCUT2D eigenvalue weighted by Crippen LogP contribution is -2.08. The number of rotatable bonds is 6. The van der Waals surface area contributed by atoms with Crippen molar-refractivity contribution < 1.29 is 9.47 Å². The molecule has 0 N–H and O–H groups in total. The fraction of sp³-hybridized carbons (Fsp3) is 0.667. The average molecular weight is 232 g/mol. The van der Waals surface area contributed by atoms with Crippen molar-refractivity contribution in [1.29, 1.82) is 0 Å². The van der Waals surface area contributed by atoms with Gasteiger partial charge in [-0.15, -0.1) is 0 Å². The third-order valence-corrected chi connectivity index (χ3v) is 1.93. The van der Waals surface area contributed by atoms with Crippen molar-refractivity contribution >= 4 is 11.6 Å². The molecule has 1 heterocycles. The second-order valence-corrected chi connectivity index (χ2v) is 3.26. The number of methoxy groups -OCH3 is 2. The lowest BCUT2D eigenvalue weighted by Gasteiger charge is -2.03. The number of halogens is 1. The van der Waals surface area contributed by atoms with Gasteiger partial charge in [0.2, 0.25) is 5.28 Å². The van der Waals surface area contributed by atoms with Crippen molar-refractivity contribution in [3.63, 3.8) is 0 Å². The second-order valence-electron chi connectivity index (χ2n) is 2.92. The third-order valence-electron chi connectivity index (χ3n) is 1.76. The Balaban J connectivity index is 2.66. The summed E-state index contributed by atoms with van der Waals surface area (Å²) in [6, 6.07) is 0. The molecule has 0 spiro atoms. The zero-order valence-electron chi connectivity index (χ0n) is 8.86. The molecule has 0 saturated heterocycles. The fourth-order valence-corrected chi connectivity index (χ4v) is 1.24. The van der Waals surface area contributed by atoms with Crippen LogP contribution in [-0.4, -0.2) is 42.4 Å². The highest BCUT2D eigenvalue weighted by Gasteiger charge is 2.04. The van der Waals surface area contributed by atoms with Gasteiger partial charge in [-0.2, -0.15) is 0 Å². The highest BCUT2D eigenvalue weighted by atomic mass is 35.5. The van der Waals surface area contributed by atoms with Crippen LogP contribution in [0.15, 0.2) is 0 Å². The number of nitrogens with zero attached hydrogens (tertiary/aromatic N) is 3. The zero-order chi connectivity index (χ0) is 11.1. The molecule has 1 rings (SSSR count). The maximum atomic E-state index is 5.76. The molecule has 6 heteroatoms. The summed E-state index contributed by atoms with van der Waals surface area (Å²) >= 11 is 5.76. The summed E-state index contributed by atoms with van der Waals surface area (Å²) in [4.78, 5) is 12.2. The Morgan fingerprint density at radius 3 is 1.80 bits per heavy atom.